The van der Waals surface area contributed by atoms with E-state index in [1.165, 1.54) is 6.07 Å². The quantitative estimate of drug-likeness (QED) is 0.854. The summed E-state index contributed by atoms with van der Waals surface area (Å²) in [7, 11) is 0. The van der Waals surface area contributed by atoms with Crippen LogP contribution in [-0.2, 0) is 16.1 Å². The molecule has 3 rings (SSSR count). The lowest BCUT2D eigenvalue weighted by Gasteiger charge is -2.24. The van der Waals surface area contributed by atoms with Crippen molar-refractivity contribution in [3.05, 3.63) is 35.1 Å². The molecule has 0 bridgehead atoms. The molecule has 130 valence electrons. The van der Waals surface area contributed by atoms with Gasteiger partial charge in [-0.05, 0) is 42.9 Å². The average Bonchev–Trinajstić information content (AvgIpc) is 3.06. The molecule has 1 aromatic rings. The van der Waals surface area contributed by atoms with E-state index >= 15 is 0 Å². The van der Waals surface area contributed by atoms with Gasteiger partial charge >= 0.3 is 0 Å². The molecule has 1 saturated carbocycles. The van der Waals surface area contributed by atoms with E-state index in [2.05, 4.69) is 5.32 Å². The van der Waals surface area contributed by atoms with Crippen LogP contribution in [0.5, 0.6) is 0 Å². The summed E-state index contributed by atoms with van der Waals surface area (Å²) >= 11 is 0. The first-order chi connectivity index (χ1) is 11.4. The summed E-state index contributed by atoms with van der Waals surface area (Å²) < 4.78 is 13.5. The number of benzene rings is 1. The normalized spacial score (nSPS) is 26.3. The van der Waals surface area contributed by atoms with Crippen LogP contribution < -0.4 is 11.1 Å². The largest absolute Gasteiger partial charge is 0.369 e. The molecule has 1 aromatic carbocycles. The van der Waals surface area contributed by atoms with Gasteiger partial charge in [-0.25, -0.2) is 4.39 Å². The molecule has 1 aliphatic heterocycles. The number of nitrogens with two attached hydrogens (primary N) is 1. The van der Waals surface area contributed by atoms with E-state index in [1.807, 2.05) is 4.90 Å². The summed E-state index contributed by atoms with van der Waals surface area (Å²) in [6.07, 6.45) is 2.87. The molecule has 1 heterocycles. The summed E-state index contributed by atoms with van der Waals surface area (Å²) in [5, 5.41) is 2.82. The third kappa shape index (κ3) is 3.15. The standard InChI is InChI=1S/C18H24FN3O2/c1-12-4-5-13(7-15(12)19)8-21-16(23)10-22-9-14-3-2-6-18(14,11-22)17(20)24/h4-5,7,14H,2-3,6,8-11H2,1H3,(H2,20,24)(H,21,23)/t14-,18-/m0/s1. The maximum Gasteiger partial charge on any atom is 0.234 e. The van der Waals surface area contributed by atoms with Crippen LogP contribution in [-0.4, -0.2) is 36.3 Å². The molecule has 0 aromatic heterocycles. The van der Waals surface area contributed by atoms with E-state index in [0.29, 0.717) is 18.7 Å². The SMILES string of the molecule is Cc1ccc(CNC(=O)CN2C[C@@H]3CCC[C@]3(C(N)=O)C2)cc1F. The van der Waals surface area contributed by atoms with Gasteiger partial charge in [0.15, 0.2) is 0 Å². The number of nitrogens with zero attached hydrogens (tertiary/aromatic N) is 1. The highest BCUT2D eigenvalue weighted by atomic mass is 19.1. The van der Waals surface area contributed by atoms with E-state index in [1.54, 1.807) is 19.1 Å². The lowest BCUT2D eigenvalue weighted by Crippen LogP contribution is -2.42. The molecule has 1 aliphatic carbocycles. The molecular weight excluding hydrogens is 309 g/mol. The van der Waals surface area contributed by atoms with Crippen molar-refractivity contribution < 1.29 is 14.0 Å². The second-order valence-corrected chi connectivity index (χ2v) is 7.14. The number of fused-ring (bicyclic) bond motifs is 1. The number of halogens is 1. The van der Waals surface area contributed by atoms with Crippen molar-refractivity contribution in [2.24, 2.45) is 17.1 Å². The Kier molecular flexibility index (Phi) is 4.58. The molecular formula is C18H24FN3O2. The zero-order chi connectivity index (χ0) is 17.3. The van der Waals surface area contributed by atoms with Gasteiger partial charge in [0.1, 0.15) is 5.82 Å². The number of carbonyl (C=O) groups excluding carboxylic acids is 2. The predicted molar refractivity (Wildman–Crippen MR) is 88.4 cm³/mol. The molecule has 2 atom stereocenters. The van der Waals surface area contributed by atoms with E-state index < -0.39 is 5.41 Å². The van der Waals surface area contributed by atoms with E-state index in [9.17, 15) is 14.0 Å². The van der Waals surface area contributed by atoms with Crippen LogP contribution in [0.25, 0.3) is 0 Å². The number of amides is 2. The number of likely N-dealkylation sites (tertiary alicyclic amines) is 1. The van der Waals surface area contributed by atoms with E-state index in [-0.39, 0.29) is 30.1 Å². The minimum Gasteiger partial charge on any atom is -0.369 e. The number of primary amides is 1. The second kappa shape index (κ2) is 6.51. The topological polar surface area (TPSA) is 75.4 Å². The molecule has 2 fully saturated rings. The van der Waals surface area contributed by atoms with Crippen molar-refractivity contribution in [2.45, 2.75) is 32.7 Å². The van der Waals surface area contributed by atoms with Crippen molar-refractivity contribution in [3.63, 3.8) is 0 Å². The number of nitrogens with one attached hydrogen (secondary N) is 1. The van der Waals surface area contributed by atoms with Crippen LogP contribution in [0.15, 0.2) is 18.2 Å². The fourth-order valence-electron chi connectivity index (χ4n) is 4.12. The van der Waals surface area contributed by atoms with Crippen LogP contribution >= 0.6 is 0 Å². The van der Waals surface area contributed by atoms with Gasteiger partial charge in [0.25, 0.3) is 0 Å². The van der Waals surface area contributed by atoms with Gasteiger partial charge in [-0.15, -0.1) is 0 Å². The number of aryl methyl sites for hydroxylation is 1. The predicted octanol–water partition coefficient (Wildman–Crippen LogP) is 1.34. The molecule has 24 heavy (non-hydrogen) atoms. The fourth-order valence-corrected chi connectivity index (χ4v) is 4.12. The van der Waals surface area contributed by atoms with Crippen LogP contribution in [0, 0.1) is 24.1 Å². The molecule has 1 saturated heterocycles. The highest BCUT2D eigenvalue weighted by Gasteiger charge is 2.53. The van der Waals surface area contributed by atoms with Crippen LogP contribution in [0.4, 0.5) is 4.39 Å². The third-order valence-corrected chi connectivity index (χ3v) is 5.53. The smallest absolute Gasteiger partial charge is 0.234 e. The Balaban J connectivity index is 1.52. The molecule has 3 N–H and O–H groups in total. The van der Waals surface area contributed by atoms with Gasteiger partial charge in [-0.2, -0.15) is 0 Å². The van der Waals surface area contributed by atoms with Crippen molar-refractivity contribution in [3.8, 4) is 0 Å². The Morgan fingerprint density at radius 2 is 2.25 bits per heavy atom. The first-order valence-corrected chi connectivity index (χ1v) is 8.45. The summed E-state index contributed by atoms with van der Waals surface area (Å²) in [6, 6.07) is 4.95. The highest BCUT2D eigenvalue weighted by molar-refractivity contribution is 5.83. The zero-order valence-corrected chi connectivity index (χ0v) is 14.0. The summed E-state index contributed by atoms with van der Waals surface area (Å²) in [5.41, 5.74) is 6.50. The molecule has 0 radical (unpaired) electrons. The van der Waals surface area contributed by atoms with Gasteiger partial charge in [0, 0.05) is 19.6 Å². The zero-order valence-electron chi connectivity index (χ0n) is 14.0. The average molecular weight is 333 g/mol. The second-order valence-electron chi connectivity index (χ2n) is 7.14. The summed E-state index contributed by atoms with van der Waals surface area (Å²) in [6.45, 7) is 3.57. The molecule has 6 heteroatoms. The summed E-state index contributed by atoms with van der Waals surface area (Å²) in [5.74, 6) is -0.342. The Morgan fingerprint density at radius 1 is 1.46 bits per heavy atom. The Morgan fingerprint density at radius 3 is 2.92 bits per heavy atom. The van der Waals surface area contributed by atoms with Crippen molar-refractivity contribution in [1.82, 2.24) is 10.2 Å². The van der Waals surface area contributed by atoms with Crippen LogP contribution in [0.3, 0.4) is 0 Å². The molecule has 0 unspecified atom stereocenters. The summed E-state index contributed by atoms with van der Waals surface area (Å²) in [4.78, 5) is 26.0. The lowest BCUT2D eigenvalue weighted by atomic mass is 9.80. The number of carbonyl (C=O) groups is 2. The van der Waals surface area contributed by atoms with Gasteiger partial charge in [0.2, 0.25) is 11.8 Å². The minimum absolute atomic E-state index is 0.115. The molecule has 2 amide bonds. The van der Waals surface area contributed by atoms with Gasteiger partial charge in [-0.1, -0.05) is 18.6 Å². The van der Waals surface area contributed by atoms with Crippen LogP contribution in [0.2, 0.25) is 0 Å². The van der Waals surface area contributed by atoms with E-state index in [0.717, 1.165) is 31.4 Å². The molecule has 5 nitrogen and oxygen atoms in total. The number of rotatable bonds is 5. The highest BCUT2D eigenvalue weighted by Crippen LogP contribution is 2.48. The number of hydrogen-bond acceptors (Lipinski definition) is 3. The first-order valence-electron chi connectivity index (χ1n) is 8.45. The van der Waals surface area contributed by atoms with Crippen molar-refractivity contribution in [2.75, 3.05) is 19.6 Å². The Labute approximate surface area is 141 Å². The van der Waals surface area contributed by atoms with Gasteiger partial charge < -0.3 is 11.1 Å². The lowest BCUT2D eigenvalue weighted by molar-refractivity contribution is -0.128. The Bertz CT molecular complexity index is 664. The van der Waals surface area contributed by atoms with Crippen molar-refractivity contribution in [1.29, 1.82) is 0 Å². The minimum atomic E-state index is -0.444. The number of hydrogen-bond donors (Lipinski definition) is 2. The third-order valence-electron chi connectivity index (χ3n) is 5.53. The van der Waals surface area contributed by atoms with Crippen LogP contribution in [0.1, 0.15) is 30.4 Å². The van der Waals surface area contributed by atoms with Gasteiger partial charge in [0.05, 0.1) is 12.0 Å². The Hall–Kier alpha value is -1.95. The monoisotopic (exact) mass is 333 g/mol. The molecule has 0 spiro atoms. The van der Waals surface area contributed by atoms with E-state index in [4.69, 9.17) is 5.73 Å². The maximum atomic E-state index is 13.5. The first kappa shape index (κ1) is 16.9. The van der Waals surface area contributed by atoms with Gasteiger partial charge in [-0.3, -0.25) is 14.5 Å². The van der Waals surface area contributed by atoms with Crippen molar-refractivity contribution >= 4 is 11.8 Å². The fraction of sp³-hybridized carbons (Fsp3) is 0.556. The molecule has 2 aliphatic rings. The maximum absolute atomic E-state index is 13.5.